The van der Waals surface area contributed by atoms with Crippen LogP contribution in [0.4, 0.5) is 0 Å². The Balaban J connectivity index is 1.35. The van der Waals surface area contributed by atoms with Gasteiger partial charge in [0.2, 0.25) is 6.79 Å². The molecule has 30 heavy (non-hydrogen) atoms. The van der Waals surface area contributed by atoms with Crippen molar-refractivity contribution in [1.29, 1.82) is 0 Å². The quantitative estimate of drug-likeness (QED) is 0.724. The van der Waals surface area contributed by atoms with Crippen molar-refractivity contribution in [1.82, 2.24) is 5.32 Å². The van der Waals surface area contributed by atoms with Crippen molar-refractivity contribution in [3.63, 3.8) is 0 Å². The summed E-state index contributed by atoms with van der Waals surface area (Å²) in [6.07, 6.45) is -0.285. The normalized spacial score (nSPS) is 15.1. The van der Waals surface area contributed by atoms with Gasteiger partial charge in [-0.1, -0.05) is 17.7 Å². The minimum atomic E-state index is -0.999. The summed E-state index contributed by atoms with van der Waals surface area (Å²) in [5.41, 5.74) is 1.01. The molecule has 0 bridgehead atoms. The van der Waals surface area contributed by atoms with Crippen LogP contribution < -0.4 is 24.3 Å². The van der Waals surface area contributed by atoms with Crippen molar-refractivity contribution in [2.45, 2.75) is 26.0 Å². The highest BCUT2D eigenvalue weighted by atomic mass is 35.5. The summed E-state index contributed by atoms with van der Waals surface area (Å²) in [5, 5.41) is 2.98. The van der Waals surface area contributed by atoms with Gasteiger partial charge in [0.15, 0.2) is 29.1 Å². The second-order valence-corrected chi connectivity index (χ2v) is 7.20. The van der Waals surface area contributed by atoms with Crippen LogP contribution in [-0.4, -0.2) is 38.0 Å². The Bertz CT molecular complexity index is 978. The molecule has 0 radical (unpaired) electrons. The number of ether oxygens (including phenoxy) is 5. The predicted molar refractivity (Wildman–Crippen MR) is 106 cm³/mol. The van der Waals surface area contributed by atoms with Crippen molar-refractivity contribution < 1.29 is 33.3 Å². The average Bonchev–Trinajstić information content (AvgIpc) is 3.07. The SMILES string of the molecule is CC(OC(=O)c1cc(Cl)c2c(c1)OCCCO2)C(=O)NCc1ccc2c(c1)OCO2. The molecule has 1 amide bonds. The Morgan fingerprint density at radius 2 is 1.87 bits per heavy atom. The third-order valence-electron chi connectivity index (χ3n) is 4.59. The predicted octanol–water partition coefficient (Wildman–Crippen LogP) is 3.09. The van der Waals surface area contributed by atoms with E-state index in [2.05, 4.69) is 5.32 Å². The second-order valence-electron chi connectivity index (χ2n) is 6.79. The number of hydrogen-bond donors (Lipinski definition) is 1. The van der Waals surface area contributed by atoms with Gasteiger partial charge in [-0.3, -0.25) is 4.79 Å². The first-order valence-corrected chi connectivity index (χ1v) is 9.85. The number of esters is 1. The van der Waals surface area contributed by atoms with Crippen LogP contribution >= 0.6 is 11.6 Å². The minimum Gasteiger partial charge on any atom is -0.489 e. The van der Waals surface area contributed by atoms with E-state index in [1.54, 1.807) is 12.1 Å². The molecule has 158 valence electrons. The lowest BCUT2D eigenvalue weighted by Gasteiger charge is -2.15. The molecular formula is C21H20ClNO7. The zero-order valence-corrected chi connectivity index (χ0v) is 17.0. The van der Waals surface area contributed by atoms with Crippen molar-refractivity contribution in [2.75, 3.05) is 20.0 Å². The maximum absolute atomic E-state index is 12.5. The molecule has 0 saturated carbocycles. The fraction of sp³-hybridized carbons (Fsp3) is 0.333. The zero-order chi connectivity index (χ0) is 21.1. The molecule has 0 spiro atoms. The van der Waals surface area contributed by atoms with Gasteiger partial charge in [-0.15, -0.1) is 0 Å². The van der Waals surface area contributed by atoms with E-state index in [1.165, 1.54) is 19.1 Å². The van der Waals surface area contributed by atoms with Crippen LogP contribution in [0.15, 0.2) is 30.3 Å². The van der Waals surface area contributed by atoms with Crippen LogP contribution in [0.2, 0.25) is 5.02 Å². The molecule has 0 fully saturated rings. The standard InChI is InChI=1S/C21H20ClNO7/c1-12(20(24)23-10-13-3-4-16-17(7-13)29-11-28-16)30-21(25)14-8-15(22)19-18(9-14)26-5-2-6-27-19/h3-4,7-9,12H,2,5-6,10-11H2,1H3,(H,23,24). The summed E-state index contributed by atoms with van der Waals surface area (Å²) in [7, 11) is 0. The Morgan fingerprint density at radius 3 is 2.73 bits per heavy atom. The topological polar surface area (TPSA) is 92.3 Å². The average molecular weight is 434 g/mol. The van der Waals surface area contributed by atoms with Gasteiger partial charge in [-0.2, -0.15) is 0 Å². The molecule has 0 aromatic heterocycles. The highest BCUT2D eigenvalue weighted by Gasteiger charge is 2.23. The molecule has 9 heteroatoms. The number of nitrogens with one attached hydrogen (secondary N) is 1. The number of amides is 1. The lowest BCUT2D eigenvalue weighted by molar-refractivity contribution is -0.129. The highest BCUT2D eigenvalue weighted by Crippen LogP contribution is 2.38. The van der Waals surface area contributed by atoms with Gasteiger partial charge in [0, 0.05) is 13.0 Å². The van der Waals surface area contributed by atoms with E-state index >= 15 is 0 Å². The lowest BCUT2D eigenvalue weighted by atomic mass is 10.2. The Labute approximate surface area is 178 Å². The third kappa shape index (κ3) is 4.38. The summed E-state index contributed by atoms with van der Waals surface area (Å²) in [6.45, 7) is 2.88. The molecule has 1 atom stereocenters. The monoisotopic (exact) mass is 433 g/mol. The van der Waals surface area contributed by atoms with Gasteiger partial charge in [0.05, 0.1) is 23.8 Å². The van der Waals surface area contributed by atoms with Crippen LogP contribution in [0.25, 0.3) is 0 Å². The van der Waals surface area contributed by atoms with Crippen molar-refractivity contribution >= 4 is 23.5 Å². The third-order valence-corrected chi connectivity index (χ3v) is 4.88. The highest BCUT2D eigenvalue weighted by molar-refractivity contribution is 6.32. The summed E-state index contributed by atoms with van der Waals surface area (Å²) in [4.78, 5) is 24.8. The molecule has 2 aromatic carbocycles. The number of fused-ring (bicyclic) bond motifs is 2. The molecule has 2 aliphatic heterocycles. The van der Waals surface area contributed by atoms with E-state index < -0.39 is 18.0 Å². The number of rotatable bonds is 5. The molecule has 2 aliphatic rings. The molecule has 1 N–H and O–H groups in total. The summed E-state index contributed by atoms with van der Waals surface area (Å²) in [6, 6.07) is 8.34. The van der Waals surface area contributed by atoms with Crippen LogP contribution in [0.1, 0.15) is 29.3 Å². The fourth-order valence-corrected chi connectivity index (χ4v) is 3.28. The maximum atomic E-state index is 12.5. The van der Waals surface area contributed by atoms with Gasteiger partial charge < -0.3 is 29.0 Å². The number of carbonyl (C=O) groups excluding carboxylic acids is 2. The van der Waals surface area contributed by atoms with Crippen LogP contribution in [0.3, 0.4) is 0 Å². The Kier molecular flexibility index (Phi) is 5.85. The fourth-order valence-electron chi connectivity index (χ4n) is 3.01. The second kappa shape index (κ2) is 8.71. The van der Waals surface area contributed by atoms with Gasteiger partial charge in [0.25, 0.3) is 5.91 Å². The molecular weight excluding hydrogens is 414 g/mol. The molecule has 0 saturated heterocycles. The smallest absolute Gasteiger partial charge is 0.339 e. The van der Waals surface area contributed by atoms with Crippen LogP contribution in [0.5, 0.6) is 23.0 Å². The van der Waals surface area contributed by atoms with Gasteiger partial charge in [-0.25, -0.2) is 4.79 Å². The summed E-state index contributed by atoms with van der Waals surface area (Å²) in [5.74, 6) is 0.973. The largest absolute Gasteiger partial charge is 0.489 e. The number of carbonyl (C=O) groups is 2. The van der Waals surface area contributed by atoms with Gasteiger partial charge >= 0.3 is 5.97 Å². The first kappa shape index (κ1) is 20.2. The summed E-state index contributed by atoms with van der Waals surface area (Å²) < 4.78 is 27.0. The van der Waals surface area contributed by atoms with E-state index in [1.807, 2.05) is 6.07 Å². The number of halogens is 1. The number of benzene rings is 2. The van der Waals surface area contributed by atoms with E-state index in [0.717, 1.165) is 5.56 Å². The van der Waals surface area contributed by atoms with Crippen molar-refractivity contribution in [3.8, 4) is 23.0 Å². The summed E-state index contributed by atoms with van der Waals surface area (Å²) >= 11 is 6.21. The Morgan fingerprint density at radius 1 is 1.07 bits per heavy atom. The minimum absolute atomic E-state index is 0.180. The number of hydrogen-bond acceptors (Lipinski definition) is 7. The Hall–Kier alpha value is -3.13. The first-order chi connectivity index (χ1) is 14.5. The van der Waals surface area contributed by atoms with E-state index in [0.29, 0.717) is 42.6 Å². The molecule has 1 unspecified atom stereocenters. The van der Waals surface area contributed by atoms with Crippen LogP contribution in [0, 0.1) is 0 Å². The zero-order valence-electron chi connectivity index (χ0n) is 16.2. The molecule has 2 heterocycles. The van der Waals surface area contributed by atoms with E-state index in [-0.39, 0.29) is 23.9 Å². The van der Waals surface area contributed by atoms with Crippen molar-refractivity contribution in [2.24, 2.45) is 0 Å². The molecule has 0 aliphatic carbocycles. The van der Waals surface area contributed by atoms with E-state index in [9.17, 15) is 9.59 Å². The van der Waals surface area contributed by atoms with Crippen molar-refractivity contribution in [3.05, 3.63) is 46.5 Å². The lowest BCUT2D eigenvalue weighted by Crippen LogP contribution is -2.35. The van der Waals surface area contributed by atoms with E-state index in [4.69, 9.17) is 35.3 Å². The molecule has 2 aromatic rings. The van der Waals surface area contributed by atoms with Gasteiger partial charge in [0.1, 0.15) is 0 Å². The van der Waals surface area contributed by atoms with Gasteiger partial charge in [-0.05, 0) is 36.8 Å². The maximum Gasteiger partial charge on any atom is 0.339 e. The van der Waals surface area contributed by atoms with Crippen LogP contribution in [-0.2, 0) is 16.1 Å². The first-order valence-electron chi connectivity index (χ1n) is 9.47. The molecule has 4 rings (SSSR count). The molecule has 8 nitrogen and oxygen atoms in total.